The van der Waals surface area contributed by atoms with E-state index in [4.69, 9.17) is 9.16 Å². The molecule has 0 saturated heterocycles. The maximum absolute atomic E-state index is 12.7. The van der Waals surface area contributed by atoms with Crippen LogP contribution >= 0.6 is 0 Å². The van der Waals surface area contributed by atoms with Gasteiger partial charge in [0.05, 0.1) is 0 Å². The fourth-order valence-electron chi connectivity index (χ4n) is 3.12. The number of carbonyl (C=O) groups is 2. The average Bonchev–Trinajstić information content (AvgIpc) is 2.44. The summed E-state index contributed by atoms with van der Waals surface area (Å²) in [6, 6.07) is 2.91. The second-order valence-corrected chi connectivity index (χ2v) is 12.1. The largest absolute Gasteiger partial charge is 0.459 e. The molecule has 0 aromatic carbocycles. The summed E-state index contributed by atoms with van der Waals surface area (Å²) in [6.07, 6.45) is 0.240. The molecule has 1 fully saturated rings. The summed E-state index contributed by atoms with van der Waals surface area (Å²) in [4.78, 5) is 24.9. The summed E-state index contributed by atoms with van der Waals surface area (Å²) in [5.74, 6) is -0.224. The van der Waals surface area contributed by atoms with Crippen molar-refractivity contribution in [2.75, 3.05) is 0 Å². The van der Waals surface area contributed by atoms with Gasteiger partial charge in [-0.3, -0.25) is 9.59 Å². The molecule has 0 heterocycles. The highest BCUT2D eigenvalue weighted by atomic mass is 28.4. The lowest BCUT2D eigenvalue weighted by Gasteiger charge is -2.49. The molecule has 4 nitrogen and oxygen atoms in total. The van der Waals surface area contributed by atoms with E-state index in [2.05, 4.69) is 20.8 Å². The van der Waals surface area contributed by atoms with Crippen LogP contribution in [0, 0.1) is 5.41 Å². The maximum atomic E-state index is 12.7. The van der Waals surface area contributed by atoms with Gasteiger partial charge in [-0.2, -0.15) is 0 Å². The highest BCUT2D eigenvalue weighted by Gasteiger charge is 2.61. The Labute approximate surface area is 136 Å². The third-order valence-corrected chi connectivity index (χ3v) is 9.62. The first kappa shape index (κ1) is 19.4. The predicted molar refractivity (Wildman–Crippen MR) is 90.3 cm³/mol. The van der Waals surface area contributed by atoms with Gasteiger partial charge in [0.25, 0.3) is 0 Å². The van der Waals surface area contributed by atoms with Gasteiger partial charge < -0.3 is 9.16 Å². The second kappa shape index (κ2) is 6.83. The minimum atomic E-state index is -1.93. The first-order chi connectivity index (χ1) is 10.1. The monoisotopic (exact) mass is 328 g/mol. The summed E-state index contributed by atoms with van der Waals surface area (Å²) in [6.45, 7) is 13.9. The van der Waals surface area contributed by atoms with Gasteiger partial charge in [-0.25, -0.2) is 0 Å². The Morgan fingerprint density at radius 2 is 1.68 bits per heavy atom. The Bertz CT molecular complexity index is 415. The molecule has 0 radical (unpaired) electrons. The standard InChI is InChI=1S/C17H32O4Si/c1-8-17(15(19)20-16(5,6)7)12-13(18)14(17)21-22(9-2,10-3)11-4/h14H,8-12H2,1-7H3/t14-,17+/m1/s1. The number of ketones is 1. The molecule has 0 bridgehead atoms. The van der Waals surface area contributed by atoms with Gasteiger partial charge in [0.2, 0.25) is 0 Å². The van der Waals surface area contributed by atoms with E-state index in [-0.39, 0.29) is 18.2 Å². The third-order valence-electron chi connectivity index (χ3n) is 5.02. The van der Waals surface area contributed by atoms with Crippen molar-refractivity contribution < 1.29 is 18.8 Å². The summed E-state index contributed by atoms with van der Waals surface area (Å²) >= 11 is 0. The van der Waals surface area contributed by atoms with Gasteiger partial charge in [0, 0.05) is 6.42 Å². The van der Waals surface area contributed by atoms with Crippen molar-refractivity contribution >= 4 is 20.1 Å². The molecule has 1 saturated carbocycles. The molecule has 0 unspecified atom stereocenters. The van der Waals surface area contributed by atoms with E-state index in [0.29, 0.717) is 6.42 Å². The number of ether oxygens (including phenoxy) is 1. The smallest absolute Gasteiger partial charge is 0.316 e. The van der Waals surface area contributed by atoms with Crippen molar-refractivity contribution in [2.45, 2.75) is 91.1 Å². The first-order valence-electron chi connectivity index (χ1n) is 8.53. The van der Waals surface area contributed by atoms with Crippen molar-refractivity contribution in [3.63, 3.8) is 0 Å². The molecular formula is C17H32O4Si. The molecule has 1 aliphatic carbocycles. The Kier molecular flexibility index (Phi) is 6.01. The quantitative estimate of drug-likeness (QED) is 0.522. The van der Waals surface area contributed by atoms with Crippen LogP contribution in [0.15, 0.2) is 0 Å². The molecule has 0 aromatic rings. The van der Waals surface area contributed by atoms with Crippen molar-refractivity contribution in [3.8, 4) is 0 Å². The number of hydrogen-bond donors (Lipinski definition) is 0. The zero-order chi connectivity index (χ0) is 17.2. The molecule has 0 aromatic heterocycles. The van der Waals surface area contributed by atoms with E-state index in [9.17, 15) is 9.59 Å². The van der Waals surface area contributed by atoms with Crippen LogP contribution in [0.2, 0.25) is 18.1 Å². The van der Waals surface area contributed by atoms with Gasteiger partial charge >= 0.3 is 5.97 Å². The van der Waals surface area contributed by atoms with Crippen LogP contribution in [0.5, 0.6) is 0 Å². The van der Waals surface area contributed by atoms with Crippen LogP contribution in [0.25, 0.3) is 0 Å². The van der Waals surface area contributed by atoms with Gasteiger partial charge in [0.1, 0.15) is 17.1 Å². The van der Waals surface area contributed by atoms with Crippen LogP contribution < -0.4 is 0 Å². The Morgan fingerprint density at radius 1 is 1.18 bits per heavy atom. The summed E-state index contributed by atoms with van der Waals surface area (Å²) < 4.78 is 11.9. The number of esters is 1. The Morgan fingerprint density at radius 3 is 2.00 bits per heavy atom. The Hall–Kier alpha value is -0.683. The summed E-state index contributed by atoms with van der Waals surface area (Å²) in [5.41, 5.74) is -1.32. The van der Waals surface area contributed by atoms with E-state index in [1.165, 1.54) is 0 Å². The van der Waals surface area contributed by atoms with E-state index in [0.717, 1.165) is 18.1 Å². The van der Waals surface area contributed by atoms with Crippen LogP contribution in [0.4, 0.5) is 0 Å². The molecule has 5 heteroatoms. The lowest BCUT2D eigenvalue weighted by molar-refractivity contribution is -0.189. The fourth-order valence-corrected chi connectivity index (χ4v) is 5.97. The number of hydrogen-bond acceptors (Lipinski definition) is 4. The molecular weight excluding hydrogens is 296 g/mol. The van der Waals surface area contributed by atoms with E-state index in [1.54, 1.807) is 0 Å². The van der Waals surface area contributed by atoms with E-state index in [1.807, 2.05) is 27.7 Å². The predicted octanol–water partition coefficient (Wildman–Crippen LogP) is 4.09. The molecule has 0 aliphatic heterocycles. The minimum absolute atomic E-state index is 0.0555. The Balaban J connectivity index is 3.01. The molecule has 1 rings (SSSR count). The third kappa shape index (κ3) is 3.62. The van der Waals surface area contributed by atoms with Gasteiger partial charge in [-0.05, 0) is 45.3 Å². The molecule has 1 aliphatic rings. The summed E-state index contributed by atoms with van der Waals surface area (Å²) in [7, 11) is -1.93. The number of Topliss-reactive ketones (excluding diaryl/α,β-unsaturated/α-hetero) is 1. The SMILES string of the molecule is CC[C@]1(C(=O)OC(C)(C)C)CC(=O)[C@H]1O[Si](CC)(CC)CC. The van der Waals surface area contributed by atoms with Gasteiger partial charge in [-0.15, -0.1) is 0 Å². The molecule has 0 amide bonds. The highest BCUT2D eigenvalue weighted by molar-refractivity contribution is 6.73. The van der Waals surface area contributed by atoms with Crippen LogP contribution in [-0.4, -0.2) is 31.8 Å². The van der Waals surface area contributed by atoms with Crippen molar-refractivity contribution in [3.05, 3.63) is 0 Å². The zero-order valence-electron chi connectivity index (χ0n) is 15.2. The van der Waals surface area contributed by atoms with Crippen molar-refractivity contribution in [1.29, 1.82) is 0 Å². The van der Waals surface area contributed by atoms with E-state index >= 15 is 0 Å². The zero-order valence-corrected chi connectivity index (χ0v) is 16.2. The molecule has 22 heavy (non-hydrogen) atoms. The first-order valence-corrected chi connectivity index (χ1v) is 11.1. The topological polar surface area (TPSA) is 52.6 Å². The molecule has 128 valence electrons. The van der Waals surface area contributed by atoms with E-state index < -0.39 is 25.4 Å². The maximum Gasteiger partial charge on any atom is 0.316 e. The number of rotatable bonds is 7. The second-order valence-electron chi connectivity index (χ2n) is 7.40. The molecule has 2 atom stereocenters. The van der Waals surface area contributed by atoms with Crippen LogP contribution in [0.1, 0.15) is 61.3 Å². The molecule has 0 spiro atoms. The normalized spacial score (nSPS) is 25.8. The van der Waals surface area contributed by atoms with Gasteiger partial charge in [0.15, 0.2) is 14.1 Å². The summed E-state index contributed by atoms with van der Waals surface area (Å²) in [5, 5.41) is 0. The van der Waals surface area contributed by atoms with Crippen LogP contribution in [0.3, 0.4) is 0 Å². The fraction of sp³-hybridized carbons (Fsp3) is 0.882. The number of carbonyl (C=O) groups excluding carboxylic acids is 2. The molecule has 0 N–H and O–H groups in total. The lowest BCUT2D eigenvalue weighted by atomic mass is 9.63. The minimum Gasteiger partial charge on any atom is -0.459 e. The van der Waals surface area contributed by atoms with Crippen molar-refractivity contribution in [2.24, 2.45) is 5.41 Å². The average molecular weight is 329 g/mol. The van der Waals surface area contributed by atoms with Gasteiger partial charge in [-0.1, -0.05) is 27.7 Å². The lowest BCUT2D eigenvalue weighted by Crippen LogP contribution is -2.63. The van der Waals surface area contributed by atoms with Crippen molar-refractivity contribution in [1.82, 2.24) is 0 Å². The highest BCUT2D eigenvalue weighted by Crippen LogP contribution is 2.47. The van der Waals surface area contributed by atoms with Crippen LogP contribution in [-0.2, 0) is 18.8 Å².